The maximum atomic E-state index is 13.4. The zero-order valence-corrected chi connectivity index (χ0v) is 12.0. The molecule has 0 radical (unpaired) electrons. The minimum Gasteiger partial charge on any atom is -0.297 e. The van der Waals surface area contributed by atoms with Gasteiger partial charge in [-0.05, 0) is 31.5 Å². The van der Waals surface area contributed by atoms with Crippen LogP contribution in [0.5, 0.6) is 0 Å². The average molecular weight is 318 g/mol. The lowest BCUT2D eigenvalue weighted by Gasteiger charge is -2.28. The van der Waals surface area contributed by atoms with Crippen LogP contribution in [0.15, 0.2) is 5.51 Å². The number of nitrogens with zero attached hydrogens (tertiary/aromatic N) is 5. The summed E-state index contributed by atoms with van der Waals surface area (Å²) < 4.78 is 40.1. The quantitative estimate of drug-likeness (QED) is 0.931. The summed E-state index contributed by atoms with van der Waals surface area (Å²) in [5.74, 6) is -0.310. The largest absolute Gasteiger partial charge is 0.414 e. The Balaban J connectivity index is 1.88. The Morgan fingerprint density at radius 1 is 1.48 bits per heavy atom. The molecule has 1 atom stereocenters. The van der Waals surface area contributed by atoms with E-state index in [1.54, 1.807) is 5.51 Å². The Bertz CT molecular complexity index is 628. The maximum Gasteiger partial charge on any atom is 0.414 e. The Hall–Kier alpha value is -1.55. The number of aryl methyl sites for hydroxylation is 1. The van der Waals surface area contributed by atoms with E-state index in [4.69, 9.17) is 0 Å². The number of hydrogen-bond donors (Lipinski definition) is 1. The number of nitrogens with one attached hydrogen (secondary N) is 1. The van der Waals surface area contributed by atoms with Crippen molar-refractivity contribution in [2.75, 3.05) is 6.54 Å². The molecular formula is C11H13F3N6S. The molecule has 0 spiro atoms. The molecule has 0 aliphatic carbocycles. The van der Waals surface area contributed by atoms with Gasteiger partial charge in [0.2, 0.25) is 5.82 Å². The van der Waals surface area contributed by atoms with E-state index >= 15 is 0 Å². The normalized spacial score (nSPS) is 22.9. The number of halogens is 3. The molecule has 0 saturated carbocycles. The summed E-state index contributed by atoms with van der Waals surface area (Å²) >= 11 is 1.41. The van der Waals surface area contributed by atoms with Gasteiger partial charge in [-0.2, -0.15) is 18.0 Å². The molecule has 3 rings (SSSR count). The van der Waals surface area contributed by atoms with E-state index in [9.17, 15) is 13.2 Å². The molecule has 1 unspecified atom stereocenters. The summed E-state index contributed by atoms with van der Waals surface area (Å²) in [6.45, 7) is 2.40. The molecule has 3 heterocycles. The van der Waals surface area contributed by atoms with Crippen molar-refractivity contribution in [3.63, 3.8) is 0 Å². The number of aromatic nitrogens is 5. The highest BCUT2D eigenvalue weighted by atomic mass is 32.1. The van der Waals surface area contributed by atoms with Crippen molar-refractivity contribution in [1.82, 2.24) is 30.5 Å². The van der Waals surface area contributed by atoms with Crippen molar-refractivity contribution in [2.45, 2.75) is 38.0 Å². The van der Waals surface area contributed by atoms with Crippen LogP contribution in [0.25, 0.3) is 0 Å². The minimum atomic E-state index is -4.45. The van der Waals surface area contributed by atoms with Crippen molar-refractivity contribution >= 4 is 11.3 Å². The van der Waals surface area contributed by atoms with Gasteiger partial charge in [0, 0.05) is 0 Å². The molecule has 1 saturated heterocycles. The first-order valence-electron chi connectivity index (χ1n) is 6.41. The summed E-state index contributed by atoms with van der Waals surface area (Å²) in [7, 11) is 0. The summed E-state index contributed by atoms with van der Waals surface area (Å²) in [4.78, 5) is 6.17. The van der Waals surface area contributed by atoms with Gasteiger partial charge in [-0.15, -0.1) is 21.5 Å². The third-order valence-electron chi connectivity index (χ3n) is 3.60. The van der Waals surface area contributed by atoms with Crippen LogP contribution in [-0.2, 0) is 12.1 Å². The first-order valence-corrected chi connectivity index (χ1v) is 7.29. The zero-order chi connectivity index (χ0) is 15.1. The van der Waals surface area contributed by atoms with E-state index in [0.29, 0.717) is 13.0 Å². The van der Waals surface area contributed by atoms with Crippen molar-refractivity contribution in [3.8, 4) is 0 Å². The van der Waals surface area contributed by atoms with Gasteiger partial charge in [0.15, 0.2) is 5.54 Å². The van der Waals surface area contributed by atoms with Crippen molar-refractivity contribution < 1.29 is 13.2 Å². The lowest BCUT2D eigenvalue weighted by atomic mass is 9.96. The number of thiazole rings is 1. The van der Waals surface area contributed by atoms with Crippen LogP contribution in [-0.4, -0.2) is 37.9 Å². The second-order valence-electron chi connectivity index (χ2n) is 4.94. The van der Waals surface area contributed by atoms with Gasteiger partial charge in [0.25, 0.3) is 0 Å². The average Bonchev–Trinajstić information content (AvgIpc) is 3.11. The maximum absolute atomic E-state index is 13.4. The van der Waals surface area contributed by atoms with Gasteiger partial charge in [-0.3, -0.25) is 5.32 Å². The molecule has 0 amide bonds. The van der Waals surface area contributed by atoms with Crippen LogP contribution in [0, 0.1) is 6.92 Å². The van der Waals surface area contributed by atoms with Crippen molar-refractivity contribution in [1.29, 1.82) is 0 Å². The van der Waals surface area contributed by atoms with Crippen LogP contribution >= 0.6 is 11.3 Å². The third-order valence-corrected chi connectivity index (χ3v) is 4.52. The van der Waals surface area contributed by atoms with Crippen LogP contribution in [0.2, 0.25) is 0 Å². The van der Waals surface area contributed by atoms with E-state index in [2.05, 4.69) is 25.7 Å². The van der Waals surface area contributed by atoms with Gasteiger partial charge in [-0.25, -0.2) is 4.98 Å². The van der Waals surface area contributed by atoms with Gasteiger partial charge < -0.3 is 0 Å². The number of tetrazole rings is 1. The van der Waals surface area contributed by atoms with Crippen LogP contribution in [0.3, 0.4) is 0 Å². The molecule has 21 heavy (non-hydrogen) atoms. The van der Waals surface area contributed by atoms with Gasteiger partial charge >= 0.3 is 6.18 Å². The van der Waals surface area contributed by atoms with Gasteiger partial charge in [-0.1, -0.05) is 0 Å². The topological polar surface area (TPSA) is 68.5 Å². The smallest absolute Gasteiger partial charge is 0.297 e. The Kier molecular flexibility index (Phi) is 3.44. The standard InChI is InChI=1S/C11H13F3N6S/c1-7-8(21-6-15-7)5-20-18-9(17-19-20)10(11(12,13)14)3-2-4-16-10/h6,16H,2-5H2,1H3. The molecule has 114 valence electrons. The highest BCUT2D eigenvalue weighted by Crippen LogP contribution is 2.43. The Morgan fingerprint density at radius 3 is 2.86 bits per heavy atom. The van der Waals surface area contributed by atoms with Gasteiger partial charge in [0.05, 0.1) is 22.6 Å². The molecule has 2 aromatic heterocycles. The molecule has 1 N–H and O–H groups in total. The Morgan fingerprint density at radius 2 is 2.29 bits per heavy atom. The van der Waals surface area contributed by atoms with Crippen LogP contribution in [0.1, 0.15) is 29.2 Å². The lowest BCUT2D eigenvalue weighted by Crippen LogP contribution is -2.50. The molecule has 10 heteroatoms. The Labute approximate surface area is 122 Å². The summed E-state index contributed by atoms with van der Waals surface area (Å²) in [6.07, 6.45) is -4.08. The number of hydrogen-bond acceptors (Lipinski definition) is 6. The predicted octanol–water partition coefficient (Wildman–Crippen LogP) is 1.63. The highest BCUT2D eigenvalue weighted by Gasteiger charge is 2.60. The fourth-order valence-corrected chi connectivity index (χ4v) is 3.14. The number of alkyl halides is 3. The second-order valence-corrected chi connectivity index (χ2v) is 5.88. The molecule has 2 aromatic rings. The van der Waals surface area contributed by atoms with Crippen molar-refractivity contribution in [2.24, 2.45) is 0 Å². The van der Waals surface area contributed by atoms with Crippen molar-refractivity contribution in [3.05, 3.63) is 21.9 Å². The SMILES string of the molecule is Cc1ncsc1Cn1nnc(C2(C(F)(F)F)CCCN2)n1. The third kappa shape index (κ3) is 2.42. The lowest BCUT2D eigenvalue weighted by molar-refractivity contribution is -0.198. The minimum absolute atomic E-state index is 0.0677. The molecule has 0 aromatic carbocycles. The molecule has 1 aliphatic heterocycles. The van der Waals surface area contributed by atoms with E-state index in [1.807, 2.05) is 6.92 Å². The molecule has 1 aliphatic rings. The van der Waals surface area contributed by atoms with Crippen LogP contribution in [0.4, 0.5) is 13.2 Å². The monoisotopic (exact) mass is 318 g/mol. The highest BCUT2D eigenvalue weighted by molar-refractivity contribution is 7.09. The summed E-state index contributed by atoms with van der Waals surface area (Å²) in [6, 6.07) is 0. The van der Waals surface area contributed by atoms with E-state index < -0.39 is 11.7 Å². The summed E-state index contributed by atoms with van der Waals surface area (Å²) in [5, 5.41) is 13.8. The summed E-state index contributed by atoms with van der Waals surface area (Å²) in [5.41, 5.74) is 0.329. The molecular weight excluding hydrogens is 305 g/mol. The first kappa shape index (κ1) is 14.4. The zero-order valence-electron chi connectivity index (χ0n) is 11.2. The fraction of sp³-hybridized carbons (Fsp3) is 0.636. The first-order chi connectivity index (χ1) is 9.92. The molecule has 1 fully saturated rings. The van der Waals surface area contributed by atoms with E-state index in [-0.39, 0.29) is 18.8 Å². The predicted molar refractivity (Wildman–Crippen MR) is 68.7 cm³/mol. The van der Waals surface area contributed by atoms with Crippen LogP contribution < -0.4 is 5.32 Å². The molecule has 6 nitrogen and oxygen atoms in total. The molecule has 0 bridgehead atoms. The van der Waals surface area contributed by atoms with Gasteiger partial charge in [0.1, 0.15) is 0 Å². The number of rotatable bonds is 3. The second kappa shape index (κ2) is 5.02. The van der Waals surface area contributed by atoms with E-state index in [0.717, 1.165) is 10.6 Å². The fourth-order valence-electron chi connectivity index (χ4n) is 2.39. The van der Waals surface area contributed by atoms with E-state index in [1.165, 1.54) is 16.1 Å².